The summed E-state index contributed by atoms with van der Waals surface area (Å²) in [6.07, 6.45) is 1.67. The van der Waals surface area contributed by atoms with Crippen LogP contribution in [0.2, 0.25) is 0 Å². The van der Waals surface area contributed by atoms with Gasteiger partial charge < -0.3 is 19.2 Å². The topological polar surface area (TPSA) is 43.6 Å². The second-order valence-electron chi connectivity index (χ2n) is 4.06. The Balaban J connectivity index is 2.00. The number of rotatable bonds is 7. The fourth-order valence-electron chi connectivity index (χ4n) is 1.93. The van der Waals surface area contributed by atoms with Gasteiger partial charge >= 0.3 is 0 Å². The van der Waals surface area contributed by atoms with Crippen LogP contribution in [0.25, 0.3) is 0 Å². The molecule has 1 N–H and O–H groups in total. The largest absolute Gasteiger partial charge is 0.493 e. The molecule has 2 rings (SSSR count). The van der Waals surface area contributed by atoms with Gasteiger partial charge in [0.1, 0.15) is 5.76 Å². The summed E-state index contributed by atoms with van der Waals surface area (Å²) in [5, 5.41) is 3.32. The van der Waals surface area contributed by atoms with Gasteiger partial charge in [-0.15, -0.1) is 0 Å². The third-order valence-electron chi connectivity index (χ3n) is 2.76. The predicted octanol–water partition coefficient (Wildman–Crippen LogP) is 2.98. The SMILES string of the molecule is CCOc1cccc(CNCc2ccco2)c1OC. The number of methoxy groups -OCH3 is 1. The molecule has 1 aromatic heterocycles. The molecule has 0 amide bonds. The number of ether oxygens (including phenoxy) is 2. The van der Waals surface area contributed by atoms with Crippen LogP contribution in [0.15, 0.2) is 41.0 Å². The van der Waals surface area contributed by atoms with E-state index in [4.69, 9.17) is 13.9 Å². The highest BCUT2D eigenvalue weighted by Gasteiger charge is 2.09. The Kier molecular flexibility index (Phi) is 4.86. The van der Waals surface area contributed by atoms with Crippen molar-refractivity contribution in [1.29, 1.82) is 0 Å². The van der Waals surface area contributed by atoms with E-state index in [1.165, 1.54) is 0 Å². The van der Waals surface area contributed by atoms with Crippen LogP contribution >= 0.6 is 0 Å². The first-order valence-electron chi connectivity index (χ1n) is 6.37. The first kappa shape index (κ1) is 13.5. The summed E-state index contributed by atoms with van der Waals surface area (Å²) in [7, 11) is 1.66. The van der Waals surface area contributed by atoms with Crippen molar-refractivity contribution in [2.24, 2.45) is 0 Å². The van der Waals surface area contributed by atoms with Gasteiger partial charge in [-0.3, -0.25) is 0 Å². The van der Waals surface area contributed by atoms with Crippen LogP contribution < -0.4 is 14.8 Å². The number of para-hydroxylation sites is 1. The molecule has 1 aromatic carbocycles. The minimum absolute atomic E-state index is 0.625. The molecule has 102 valence electrons. The maximum Gasteiger partial charge on any atom is 0.165 e. The van der Waals surface area contributed by atoms with Crippen molar-refractivity contribution in [2.75, 3.05) is 13.7 Å². The zero-order valence-corrected chi connectivity index (χ0v) is 11.3. The summed E-state index contributed by atoms with van der Waals surface area (Å²) in [5.74, 6) is 2.48. The molecule has 2 aromatic rings. The molecule has 0 unspecified atom stereocenters. The van der Waals surface area contributed by atoms with Crippen LogP contribution in [0, 0.1) is 0 Å². The van der Waals surface area contributed by atoms with E-state index < -0.39 is 0 Å². The zero-order chi connectivity index (χ0) is 13.5. The van der Waals surface area contributed by atoms with E-state index in [-0.39, 0.29) is 0 Å². The monoisotopic (exact) mass is 261 g/mol. The minimum Gasteiger partial charge on any atom is -0.493 e. The van der Waals surface area contributed by atoms with Gasteiger partial charge in [0.05, 0.1) is 26.5 Å². The van der Waals surface area contributed by atoms with E-state index in [2.05, 4.69) is 5.32 Å². The molecule has 0 aliphatic heterocycles. The highest BCUT2D eigenvalue weighted by atomic mass is 16.5. The first-order valence-corrected chi connectivity index (χ1v) is 6.37. The molecule has 0 aliphatic rings. The molecule has 4 heteroatoms. The Bertz CT molecular complexity index is 494. The zero-order valence-electron chi connectivity index (χ0n) is 11.3. The lowest BCUT2D eigenvalue weighted by atomic mass is 10.2. The molecule has 0 aliphatic carbocycles. The lowest BCUT2D eigenvalue weighted by Crippen LogP contribution is -2.13. The average Bonchev–Trinajstić information content (AvgIpc) is 2.93. The average molecular weight is 261 g/mol. The maximum absolute atomic E-state index is 5.55. The van der Waals surface area contributed by atoms with Crippen LogP contribution in [0.4, 0.5) is 0 Å². The van der Waals surface area contributed by atoms with Gasteiger partial charge in [0.15, 0.2) is 11.5 Å². The molecule has 0 spiro atoms. The molecule has 0 saturated heterocycles. The van der Waals surface area contributed by atoms with Crippen LogP contribution in [-0.4, -0.2) is 13.7 Å². The van der Waals surface area contributed by atoms with Crippen LogP contribution in [0.1, 0.15) is 18.2 Å². The molecule has 0 radical (unpaired) electrons. The van der Waals surface area contributed by atoms with E-state index in [1.807, 2.05) is 37.3 Å². The summed E-state index contributed by atoms with van der Waals surface area (Å²) in [5.41, 5.74) is 1.07. The molecular weight excluding hydrogens is 242 g/mol. The summed E-state index contributed by atoms with van der Waals surface area (Å²) in [6.45, 7) is 3.97. The number of nitrogens with one attached hydrogen (secondary N) is 1. The van der Waals surface area contributed by atoms with Gasteiger partial charge in [0.25, 0.3) is 0 Å². The third-order valence-corrected chi connectivity index (χ3v) is 2.76. The van der Waals surface area contributed by atoms with E-state index in [1.54, 1.807) is 13.4 Å². The predicted molar refractivity (Wildman–Crippen MR) is 73.4 cm³/mol. The van der Waals surface area contributed by atoms with Gasteiger partial charge in [-0.05, 0) is 25.1 Å². The van der Waals surface area contributed by atoms with E-state index in [0.717, 1.165) is 22.8 Å². The van der Waals surface area contributed by atoms with Crippen molar-refractivity contribution in [3.63, 3.8) is 0 Å². The molecular formula is C15H19NO3. The normalized spacial score (nSPS) is 10.4. The first-order chi connectivity index (χ1) is 9.35. The Morgan fingerprint density at radius 2 is 2.05 bits per heavy atom. The smallest absolute Gasteiger partial charge is 0.165 e. The van der Waals surface area contributed by atoms with Gasteiger partial charge in [-0.25, -0.2) is 0 Å². The molecule has 0 fully saturated rings. The molecule has 4 nitrogen and oxygen atoms in total. The highest BCUT2D eigenvalue weighted by molar-refractivity contribution is 5.46. The Morgan fingerprint density at radius 3 is 2.74 bits per heavy atom. The Morgan fingerprint density at radius 1 is 1.16 bits per heavy atom. The summed E-state index contributed by atoms with van der Waals surface area (Å²) < 4.78 is 16.2. The second-order valence-corrected chi connectivity index (χ2v) is 4.06. The van der Waals surface area contributed by atoms with E-state index in [0.29, 0.717) is 19.7 Å². The minimum atomic E-state index is 0.625. The van der Waals surface area contributed by atoms with Crippen LogP contribution in [-0.2, 0) is 13.1 Å². The second kappa shape index (κ2) is 6.85. The fraction of sp³-hybridized carbons (Fsp3) is 0.333. The molecule has 0 atom stereocenters. The lowest BCUT2D eigenvalue weighted by Gasteiger charge is -2.13. The third kappa shape index (κ3) is 3.51. The van der Waals surface area contributed by atoms with Crippen molar-refractivity contribution < 1.29 is 13.9 Å². The van der Waals surface area contributed by atoms with Gasteiger partial charge in [0, 0.05) is 12.1 Å². The number of furan rings is 1. The van der Waals surface area contributed by atoms with E-state index in [9.17, 15) is 0 Å². The standard InChI is InChI=1S/C15H19NO3/c1-3-18-14-8-4-6-12(15(14)17-2)10-16-11-13-7-5-9-19-13/h4-9,16H,3,10-11H2,1-2H3. The number of hydrogen-bond donors (Lipinski definition) is 1. The Hall–Kier alpha value is -1.94. The van der Waals surface area contributed by atoms with Crippen molar-refractivity contribution in [1.82, 2.24) is 5.32 Å². The quantitative estimate of drug-likeness (QED) is 0.832. The number of hydrogen-bond acceptors (Lipinski definition) is 4. The molecule has 1 heterocycles. The van der Waals surface area contributed by atoms with E-state index >= 15 is 0 Å². The summed E-state index contributed by atoms with van der Waals surface area (Å²) >= 11 is 0. The van der Waals surface area contributed by atoms with Crippen molar-refractivity contribution in [2.45, 2.75) is 20.0 Å². The van der Waals surface area contributed by atoms with Gasteiger partial charge in [-0.2, -0.15) is 0 Å². The maximum atomic E-state index is 5.55. The highest BCUT2D eigenvalue weighted by Crippen LogP contribution is 2.30. The van der Waals surface area contributed by atoms with Crippen LogP contribution in [0.3, 0.4) is 0 Å². The van der Waals surface area contributed by atoms with Gasteiger partial charge in [-0.1, -0.05) is 12.1 Å². The fourth-order valence-corrected chi connectivity index (χ4v) is 1.93. The van der Waals surface area contributed by atoms with Crippen molar-refractivity contribution >= 4 is 0 Å². The van der Waals surface area contributed by atoms with Crippen molar-refractivity contribution in [3.05, 3.63) is 47.9 Å². The summed E-state index contributed by atoms with van der Waals surface area (Å²) in [4.78, 5) is 0. The lowest BCUT2D eigenvalue weighted by molar-refractivity contribution is 0.308. The van der Waals surface area contributed by atoms with Gasteiger partial charge in [0.2, 0.25) is 0 Å². The van der Waals surface area contributed by atoms with Crippen LogP contribution in [0.5, 0.6) is 11.5 Å². The molecule has 0 bridgehead atoms. The molecule has 19 heavy (non-hydrogen) atoms. The molecule has 0 saturated carbocycles. The summed E-state index contributed by atoms with van der Waals surface area (Å²) in [6, 6.07) is 9.74. The number of benzene rings is 1. The Labute approximate surface area is 113 Å². The van der Waals surface area contributed by atoms with Crippen molar-refractivity contribution in [3.8, 4) is 11.5 Å².